The maximum atomic E-state index is 14.1. The van der Waals surface area contributed by atoms with Crippen LogP contribution in [-0.2, 0) is 40.0 Å². The van der Waals surface area contributed by atoms with Crippen LogP contribution in [0.25, 0.3) is 10.9 Å². The van der Waals surface area contributed by atoms with Gasteiger partial charge in [0.05, 0.1) is 19.6 Å². The van der Waals surface area contributed by atoms with Crippen molar-refractivity contribution in [3.63, 3.8) is 0 Å². The standard InChI is InChI=1S/C36H44N8O9/c1-19(2)30-34(51)39-18-29(48)43-31(32(49)20-9-11-22(45)12-10-20)35(52)40-16-27(46)41-25(14-21-15-37-24-7-4-3-6-23(21)24)36(53)44-13-5-8-26(44)33(50)38-17-28(47)42-30/h3-4,6-7,9-12,15,19,25-26,30-32,37,45,49H,5,8,13-14,16-18H2,1-2H3,(H,38,50)(H,39,51)(H,40,52)(H,41,46)(H,42,47)(H,43,48)/t25-,26-,30-,31+,32-/m0/s1. The molecule has 53 heavy (non-hydrogen) atoms. The number of aromatic amines is 1. The first-order valence-electron chi connectivity index (χ1n) is 17.4. The number of carbonyl (C=O) groups is 7. The van der Waals surface area contributed by atoms with E-state index in [1.807, 2.05) is 24.3 Å². The molecule has 0 saturated carbocycles. The van der Waals surface area contributed by atoms with Crippen LogP contribution in [0.5, 0.6) is 5.75 Å². The van der Waals surface area contributed by atoms with Crippen LogP contribution in [0.15, 0.2) is 54.7 Å². The summed E-state index contributed by atoms with van der Waals surface area (Å²) in [5.74, 6) is -5.68. The van der Waals surface area contributed by atoms with E-state index >= 15 is 0 Å². The molecule has 282 valence electrons. The number of aromatic nitrogens is 1. The maximum absolute atomic E-state index is 14.1. The van der Waals surface area contributed by atoms with E-state index in [0.29, 0.717) is 18.4 Å². The molecule has 2 aliphatic heterocycles. The second kappa shape index (κ2) is 17.0. The predicted molar refractivity (Wildman–Crippen MR) is 189 cm³/mol. The molecule has 0 spiro atoms. The topological polar surface area (TPSA) is 251 Å². The molecule has 0 unspecified atom stereocenters. The van der Waals surface area contributed by atoms with Crippen molar-refractivity contribution in [1.82, 2.24) is 41.8 Å². The van der Waals surface area contributed by atoms with Crippen LogP contribution in [0.3, 0.4) is 0 Å². The number of aliphatic hydroxyl groups excluding tert-OH is 1. The third kappa shape index (κ3) is 9.48. The monoisotopic (exact) mass is 732 g/mol. The zero-order valence-corrected chi connectivity index (χ0v) is 29.3. The highest BCUT2D eigenvalue weighted by molar-refractivity contribution is 5.97. The maximum Gasteiger partial charge on any atom is 0.246 e. The first kappa shape index (κ1) is 38.3. The first-order valence-corrected chi connectivity index (χ1v) is 17.4. The number of H-pyrrole nitrogens is 1. The molecule has 3 aromatic rings. The number of nitrogens with one attached hydrogen (secondary N) is 7. The number of phenolic OH excluding ortho intramolecular Hbond substituents is 1. The van der Waals surface area contributed by atoms with Gasteiger partial charge in [-0.1, -0.05) is 44.2 Å². The minimum Gasteiger partial charge on any atom is -0.508 e. The molecular weight excluding hydrogens is 688 g/mol. The molecule has 0 bridgehead atoms. The molecule has 5 rings (SSSR count). The van der Waals surface area contributed by atoms with E-state index in [2.05, 4.69) is 36.9 Å². The van der Waals surface area contributed by atoms with Gasteiger partial charge in [-0.05, 0) is 48.1 Å². The van der Waals surface area contributed by atoms with Crippen molar-refractivity contribution < 1.29 is 43.8 Å². The average molecular weight is 733 g/mol. The van der Waals surface area contributed by atoms with E-state index in [1.54, 1.807) is 20.0 Å². The Morgan fingerprint density at radius 1 is 0.755 bits per heavy atom. The molecular formula is C36H44N8O9. The Morgan fingerprint density at radius 2 is 1.34 bits per heavy atom. The molecule has 3 heterocycles. The number of hydrogen-bond donors (Lipinski definition) is 9. The molecule has 7 amide bonds. The SMILES string of the molecule is CC(C)[C@@H]1NC(=O)CNC(=O)[C@@H]2CCCN2C(=O)[C@H](Cc2c[nH]c3ccccc23)NC(=O)CNC(=O)[C@@H]([C@@H](O)c2ccc(O)cc2)NC(=O)CNC1=O. The van der Waals surface area contributed by atoms with Crippen molar-refractivity contribution >= 4 is 52.3 Å². The van der Waals surface area contributed by atoms with Crippen LogP contribution in [0.2, 0.25) is 0 Å². The summed E-state index contributed by atoms with van der Waals surface area (Å²) in [6.07, 6.45) is 0.903. The Labute approximate surface area is 304 Å². The number of carbonyl (C=O) groups excluding carboxylic acids is 7. The first-order chi connectivity index (χ1) is 25.3. The van der Waals surface area contributed by atoms with Gasteiger partial charge in [0.1, 0.15) is 36.0 Å². The molecule has 5 atom stereocenters. The quantitative estimate of drug-likeness (QED) is 0.150. The second-order valence-corrected chi connectivity index (χ2v) is 13.4. The van der Waals surface area contributed by atoms with Crippen molar-refractivity contribution in [2.24, 2.45) is 5.92 Å². The van der Waals surface area contributed by atoms with E-state index in [9.17, 15) is 43.8 Å². The Balaban J connectivity index is 1.44. The van der Waals surface area contributed by atoms with Crippen molar-refractivity contribution in [2.45, 2.75) is 63.4 Å². The van der Waals surface area contributed by atoms with Crippen molar-refractivity contribution in [3.8, 4) is 5.75 Å². The van der Waals surface area contributed by atoms with E-state index in [0.717, 1.165) is 10.9 Å². The van der Waals surface area contributed by atoms with Gasteiger partial charge in [0.25, 0.3) is 0 Å². The number of amides is 7. The van der Waals surface area contributed by atoms with Gasteiger partial charge in [-0.3, -0.25) is 33.6 Å². The highest BCUT2D eigenvalue weighted by atomic mass is 16.3. The van der Waals surface area contributed by atoms with Crippen molar-refractivity contribution in [1.29, 1.82) is 0 Å². The van der Waals surface area contributed by atoms with E-state index < -0.39 is 97.2 Å². The molecule has 17 heteroatoms. The highest BCUT2D eigenvalue weighted by Gasteiger charge is 2.39. The Kier molecular flexibility index (Phi) is 12.3. The number of nitrogens with zero attached hydrogens (tertiary/aromatic N) is 1. The van der Waals surface area contributed by atoms with Gasteiger partial charge in [0.15, 0.2) is 0 Å². The number of benzene rings is 2. The lowest BCUT2D eigenvalue weighted by molar-refractivity contribution is -0.141. The molecule has 2 aromatic carbocycles. The third-order valence-corrected chi connectivity index (χ3v) is 9.26. The summed E-state index contributed by atoms with van der Waals surface area (Å²) in [5, 5.41) is 36.7. The molecule has 0 aliphatic carbocycles. The van der Waals surface area contributed by atoms with E-state index in [4.69, 9.17) is 0 Å². The summed E-state index contributed by atoms with van der Waals surface area (Å²) < 4.78 is 0. The van der Waals surface area contributed by atoms with Gasteiger partial charge in [-0.15, -0.1) is 0 Å². The Bertz CT molecular complexity index is 1860. The summed E-state index contributed by atoms with van der Waals surface area (Å²) in [6, 6.07) is 7.76. The van der Waals surface area contributed by atoms with Crippen molar-refractivity contribution in [3.05, 3.63) is 65.9 Å². The molecule has 2 saturated heterocycles. The minimum absolute atomic E-state index is 0.0334. The van der Waals surface area contributed by atoms with Crippen LogP contribution in [0, 0.1) is 5.92 Å². The number of para-hydroxylation sites is 1. The van der Waals surface area contributed by atoms with Gasteiger partial charge in [-0.25, -0.2) is 0 Å². The second-order valence-electron chi connectivity index (χ2n) is 13.4. The molecule has 9 N–H and O–H groups in total. The third-order valence-electron chi connectivity index (χ3n) is 9.26. The smallest absolute Gasteiger partial charge is 0.246 e. The fourth-order valence-electron chi connectivity index (χ4n) is 6.44. The summed E-state index contributed by atoms with van der Waals surface area (Å²) in [5.41, 5.74) is 1.68. The average Bonchev–Trinajstić information content (AvgIpc) is 3.80. The van der Waals surface area contributed by atoms with Crippen LogP contribution in [-0.4, -0.2) is 112 Å². The van der Waals surface area contributed by atoms with Crippen molar-refractivity contribution in [2.75, 3.05) is 26.2 Å². The predicted octanol–water partition coefficient (Wildman–Crippen LogP) is -1.39. The lowest BCUT2D eigenvalue weighted by atomic mass is 10.0. The minimum atomic E-state index is -1.67. The summed E-state index contributed by atoms with van der Waals surface area (Å²) >= 11 is 0. The van der Waals surface area contributed by atoms with Gasteiger partial charge in [-0.2, -0.15) is 0 Å². The number of rotatable bonds is 5. The molecule has 2 fully saturated rings. The number of hydrogen-bond acceptors (Lipinski definition) is 9. The Hall–Kier alpha value is -5.97. The number of phenols is 1. The molecule has 1 aromatic heterocycles. The van der Waals surface area contributed by atoms with Gasteiger partial charge >= 0.3 is 0 Å². The summed E-state index contributed by atoms with van der Waals surface area (Å²) in [6.45, 7) is 1.76. The summed E-state index contributed by atoms with van der Waals surface area (Å²) in [4.78, 5) is 97.9. The molecule has 0 radical (unpaired) electrons. The van der Waals surface area contributed by atoms with Gasteiger partial charge in [0.2, 0.25) is 41.4 Å². The highest BCUT2D eigenvalue weighted by Crippen LogP contribution is 2.23. The van der Waals surface area contributed by atoms with Gasteiger partial charge < -0.3 is 52.0 Å². The zero-order valence-electron chi connectivity index (χ0n) is 29.3. The fourth-order valence-corrected chi connectivity index (χ4v) is 6.44. The fraction of sp³-hybridized carbons (Fsp3) is 0.417. The zero-order chi connectivity index (χ0) is 38.2. The number of aliphatic hydroxyl groups is 1. The van der Waals surface area contributed by atoms with E-state index in [1.165, 1.54) is 29.2 Å². The van der Waals surface area contributed by atoms with Crippen LogP contribution < -0.4 is 31.9 Å². The van der Waals surface area contributed by atoms with Crippen LogP contribution in [0.1, 0.15) is 43.9 Å². The number of aromatic hydroxyl groups is 1. The number of fused-ring (bicyclic) bond motifs is 2. The lowest BCUT2D eigenvalue weighted by Crippen LogP contribution is -2.56. The largest absolute Gasteiger partial charge is 0.508 e. The van der Waals surface area contributed by atoms with Crippen LogP contribution in [0.4, 0.5) is 0 Å². The van der Waals surface area contributed by atoms with E-state index in [-0.39, 0.29) is 24.3 Å². The van der Waals surface area contributed by atoms with Crippen LogP contribution >= 0.6 is 0 Å². The Morgan fingerprint density at radius 3 is 2.00 bits per heavy atom. The molecule has 2 aliphatic rings. The normalized spacial score (nSPS) is 23.5. The summed E-state index contributed by atoms with van der Waals surface area (Å²) in [7, 11) is 0. The molecule has 17 nitrogen and oxygen atoms in total. The lowest BCUT2D eigenvalue weighted by Gasteiger charge is -2.29. The van der Waals surface area contributed by atoms with Gasteiger partial charge in [0, 0.05) is 30.1 Å².